The molecule has 0 fully saturated rings. The topological polar surface area (TPSA) is 94.8 Å². The maximum atomic E-state index is 13.0. The zero-order valence-electron chi connectivity index (χ0n) is 19.8. The van der Waals surface area contributed by atoms with Crippen molar-refractivity contribution < 1.29 is 9.53 Å². The van der Waals surface area contributed by atoms with Gasteiger partial charge < -0.3 is 10.1 Å². The fraction of sp³-hybridized carbons (Fsp3) is 0.296. The van der Waals surface area contributed by atoms with E-state index in [2.05, 4.69) is 38.6 Å². The van der Waals surface area contributed by atoms with Crippen molar-refractivity contribution in [2.24, 2.45) is 0 Å². The predicted octanol–water partition coefficient (Wildman–Crippen LogP) is 3.72. The Morgan fingerprint density at radius 1 is 1.09 bits per heavy atom. The van der Waals surface area contributed by atoms with Gasteiger partial charge in [-0.15, -0.1) is 0 Å². The summed E-state index contributed by atoms with van der Waals surface area (Å²) in [5, 5.41) is 7.47. The smallest absolute Gasteiger partial charge is 0.254 e. The summed E-state index contributed by atoms with van der Waals surface area (Å²) in [6.45, 7) is 0.779. The number of ether oxygens (including phenoxy) is 1. The van der Waals surface area contributed by atoms with Crippen LogP contribution in [-0.4, -0.2) is 44.3 Å². The van der Waals surface area contributed by atoms with Crippen LogP contribution in [0.3, 0.4) is 0 Å². The molecule has 0 aliphatic heterocycles. The molecule has 1 N–H and O–H groups in total. The first-order valence-electron chi connectivity index (χ1n) is 11.9. The lowest BCUT2D eigenvalue weighted by atomic mass is 10.0. The van der Waals surface area contributed by atoms with Crippen LogP contribution in [0.15, 0.2) is 61.2 Å². The van der Waals surface area contributed by atoms with Gasteiger partial charge in [0.15, 0.2) is 0 Å². The van der Waals surface area contributed by atoms with Crippen molar-refractivity contribution in [2.75, 3.05) is 13.7 Å². The van der Waals surface area contributed by atoms with Gasteiger partial charge in [0.25, 0.3) is 11.9 Å². The summed E-state index contributed by atoms with van der Waals surface area (Å²) in [6.07, 6.45) is 11.7. The van der Waals surface area contributed by atoms with Crippen LogP contribution in [0.4, 0.5) is 0 Å². The quantitative estimate of drug-likeness (QED) is 0.396. The molecule has 0 bridgehead atoms. The molecular weight excluding hydrogens is 440 g/mol. The third kappa shape index (κ3) is 4.97. The Labute approximate surface area is 204 Å². The first kappa shape index (κ1) is 22.9. The van der Waals surface area contributed by atoms with Crippen molar-refractivity contribution in [2.45, 2.75) is 38.7 Å². The monoisotopic (exact) mass is 468 g/mol. The van der Waals surface area contributed by atoms with E-state index in [1.165, 1.54) is 11.1 Å². The number of methoxy groups -OCH3 is 1. The van der Waals surface area contributed by atoms with Gasteiger partial charge in [-0.05, 0) is 60.9 Å². The SMILES string of the molecule is COCc1c(C(=O)NCCCc2ccncc2)cnn1-c1ncc2c(n1)-c1ccccc1CCC2. The molecule has 0 spiro atoms. The minimum absolute atomic E-state index is 0.182. The molecule has 0 unspecified atom stereocenters. The first-order valence-corrected chi connectivity index (χ1v) is 11.9. The molecule has 1 amide bonds. The number of nitrogens with one attached hydrogen (secondary N) is 1. The van der Waals surface area contributed by atoms with Crippen molar-refractivity contribution in [3.63, 3.8) is 0 Å². The van der Waals surface area contributed by atoms with E-state index < -0.39 is 0 Å². The fourth-order valence-electron chi connectivity index (χ4n) is 4.50. The van der Waals surface area contributed by atoms with Gasteiger partial charge in [0.1, 0.15) is 0 Å². The van der Waals surface area contributed by atoms with Crippen LogP contribution in [0, 0.1) is 0 Å². The summed E-state index contributed by atoms with van der Waals surface area (Å²) in [4.78, 5) is 26.5. The van der Waals surface area contributed by atoms with E-state index >= 15 is 0 Å². The van der Waals surface area contributed by atoms with E-state index in [-0.39, 0.29) is 12.5 Å². The van der Waals surface area contributed by atoms with Crippen molar-refractivity contribution >= 4 is 5.91 Å². The van der Waals surface area contributed by atoms with Crippen LogP contribution in [-0.2, 0) is 30.6 Å². The Balaban J connectivity index is 1.37. The molecule has 1 aliphatic rings. The van der Waals surface area contributed by atoms with Gasteiger partial charge in [-0.25, -0.2) is 9.97 Å². The standard InChI is InChI=1S/C27H28N6O2/c1-35-18-24-23(26(34)29-13-5-6-19-11-14-28-15-12-19)17-31-33(24)27-30-16-21-9-4-8-20-7-2-3-10-22(20)25(21)32-27/h2-3,7,10-12,14-17H,4-6,8-9,13,18H2,1H3,(H,29,34). The van der Waals surface area contributed by atoms with Crippen molar-refractivity contribution in [1.82, 2.24) is 30.0 Å². The first-order chi connectivity index (χ1) is 17.2. The molecule has 0 atom stereocenters. The lowest BCUT2D eigenvalue weighted by Crippen LogP contribution is -2.26. The number of nitrogens with zero attached hydrogens (tertiary/aromatic N) is 5. The fourth-order valence-corrected chi connectivity index (χ4v) is 4.50. The van der Waals surface area contributed by atoms with Crippen molar-refractivity contribution in [3.05, 3.63) is 89.1 Å². The minimum atomic E-state index is -0.182. The molecule has 3 aromatic heterocycles. The molecule has 1 aromatic carbocycles. The Bertz CT molecular complexity index is 1320. The molecule has 3 heterocycles. The number of hydrogen-bond donors (Lipinski definition) is 1. The van der Waals surface area contributed by atoms with Gasteiger partial charge in [-0.2, -0.15) is 9.78 Å². The normalized spacial score (nSPS) is 12.5. The number of rotatable bonds is 8. The number of aryl methyl sites for hydroxylation is 3. The van der Waals surface area contributed by atoms with Crippen molar-refractivity contribution in [3.8, 4) is 17.2 Å². The number of pyridine rings is 1. The Morgan fingerprint density at radius 2 is 1.91 bits per heavy atom. The van der Waals surface area contributed by atoms with Gasteiger partial charge in [-0.1, -0.05) is 24.3 Å². The molecule has 8 nitrogen and oxygen atoms in total. The number of amides is 1. The van der Waals surface area contributed by atoms with E-state index in [1.807, 2.05) is 24.4 Å². The second-order valence-electron chi connectivity index (χ2n) is 8.62. The molecule has 178 valence electrons. The lowest BCUT2D eigenvalue weighted by Gasteiger charge is -2.12. The van der Waals surface area contributed by atoms with Gasteiger partial charge in [0.2, 0.25) is 0 Å². The van der Waals surface area contributed by atoms with Gasteiger partial charge >= 0.3 is 0 Å². The lowest BCUT2D eigenvalue weighted by molar-refractivity contribution is 0.0948. The summed E-state index contributed by atoms with van der Waals surface area (Å²) >= 11 is 0. The number of hydrogen-bond acceptors (Lipinski definition) is 6. The van der Waals surface area contributed by atoms with Crippen LogP contribution < -0.4 is 5.32 Å². The van der Waals surface area contributed by atoms with Crippen LogP contribution in [0.1, 0.15) is 45.6 Å². The number of carbonyl (C=O) groups is 1. The van der Waals surface area contributed by atoms with E-state index in [0.717, 1.165) is 48.9 Å². The third-order valence-electron chi connectivity index (χ3n) is 6.28. The highest BCUT2D eigenvalue weighted by Gasteiger charge is 2.22. The molecule has 8 heteroatoms. The maximum absolute atomic E-state index is 13.0. The summed E-state index contributed by atoms with van der Waals surface area (Å²) in [6, 6.07) is 12.4. The Kier molecular flexibility index (Phi) is 6.90. The van der Waals surface area contributed by atoms with Gasteiger partial charge in [-0.3, -0.25) is 9.78 Å². The van der Waals surface area contributed by atoms with E-state index in [1.54, 1.807) is 30.4 Å². The summed E-state index contributed by atoms with van der Waals surface area (Å²) < 4.78 is 7.02. The molecule has 5 rings (SSSR count). The zero-order chi connectivity index (χ0) is 24.0. The summed E-state index contributed by atoms with van der Waals surface area (Å²) in [7, 11) is 1.60. The second-order valence-corrected chi connectivity index (χ2v) is 8.62. The summed E-state index contributed by atoms with van der Waals surface area (Å²) in [5.74, 6) is 0.252. The Hall–Kier alpha value is -3.91. The highest BCUT2D eigenvalue weighted by molar-refractivity contribution is 5.95. The van der Waals surface area contributed by atoms with Crippen molar-refractivity contribution in [1.29, 1.82) is 0 Å². The van der Waals surface area contributed by atoms with E-state index in [9.17, 15) is 4.79 Å². The average Bonchev–Trinajstić information content (AvgIpc) is 3.22. The highest BCUT2D eigenvalue weighted by atomic mass is 16.5. The van der Waals surface area contributed by atoms with E-state index in [4.69, 9.17) is 9.72 Å². The third-order valence-corrected chi connectivity index (χ3v) is 6.28. The number of aromatic nitrogens is 5. The summed E-state index contributed by atoms with van der Waals surface area (Å²) in [5.41, 5.74) is 6.78. The second kappa shape index (κ2) is 10.6. The maximum Gasteiger partial charge on any atom is 0.254 e. The Morgan fingerprint density at radius 3 is 2.77 bits per heavy atom. The zero-order valence-corrected chi connectivity index (χ0v) is 19.8. The number of fused-ring (bicyclic) bond motifs is 3. The van der Waals surface area contributed by atoms with Gasteiger partial charge in [0, 0.05) is 37.8 Å². The molecule has 0 radical (unpaired) electrons. The molecule has 0 saturated carbocycles. The average molecular weight is 469 g/mol. The highest BCUT2D eigenvalue weighted by Crippen LogP contribution is 2.31. The molecule has 0 saturated heterocycles. The van der Waals surface area contributed by atoms with Gasteiger partial charge in [0.05, 0.1) is 29.8 Å². The number of benzene rings is 1. The predicted molar refractivity (Wildman–Crippen MR) is 132 cm³/mol. The van der Waals surface area contributed by atoms with E-state index in [0.29, 0.717) is 23.8 Å². The molecular formula is C27H28N6O2. The minimum Gasteiger partial charge on any atom is -0.378 e. The molecule has 4 aromatic rings. The van der Waals surface area contributed by atoms with Crippen LogP contribution >= 0.6 is 0 Å². The largest absolute Gasteiger partial charge is 0.378 e. The molecule has 35 heavy (non-hydrogen) atoms. The van der Waals surface area contributed by atoms with Crippen LogP contribution in [0.2, 0.25) is 0 Å². The number of carbonyl (C=O) groups excluding carboxylic acids is 1. The van der Waals surface area contributed by atoms with Crippen LogP contribution in [0.25, 0.3) is 17.2 Å². The van der Waals surface area contributed by atoms with Crippen LogP contribution in [0.5, 0.6) is 0 Å². The molecule has 1 aliphatic carbocycles.